The Hall–Kier alpha value is -2.34. The molecule has 2 aromatic rings. The van der Waals surface area contributed by atoms with Crippen molar-refractivity contribution in [1.29, 1.82) is 0 Å². The highest BCUT2D eigenvalue weighted by molar-refractivity contribution is 7.12. The smallest absolute Gasteiger partial charge is 0.261 e. The Bertz CT molecular complexity index is 668. The van der Waals surface area contributed by atoms with Crippen molar-refractivity contribution in [1.82, 2.24) is 10.6 Å². The van der Waals surface area contributed by atoms with Gasteiger partial charge in [-0.05, 0) is 36.4 Å². The molecule has 0 bridgehead atoms. The molecule has 1 aromatic heterocycles. The number of aryl methyl sites for hydroxylation is 1. The zero-order valence-electron chi connectivity index (χ0n) is 13.2. The number of methoxy groups -OCH3 is 1. The lowest BCUT2D eigenvalue weighted by Gasteiger charge is -2.11. The molecule has 5 nitrogen and oxygen atoms in total. The molecular weight excluding hydrogens is 312 g/mol. The van der Waals surface area contributed by atoms with Gasteiger partial charge in [0, 0.05) is 13.1 Å². The fourth-order valence-electron chi connectivity index (χ4n) is 2.18. The highest BCUT2D eigenvalue weighted by Crippen LogP contribution is 2.22. The molecule has 0 aliphatic rings. The minimum absolute atomic E-state index is 0.0771. The third-order valence-electron chi connectivity index (χ3n) is 3.33. The van der Waals surface area contributed by atoms with E-state index in [1.807, 2.05) is 30.5 Å². The maximum atomic E-state index is 12.2. The minimum Gasteiger partial charge on any atom is -0.496 e. The van der Waals surface area contributed by atoms with E-state index in [-0.39, 0.29) is 11.8 Å². The van der Waals surface area contributed by atoms with Crippen molar-refractivity contribution < 1.29 is 14.3 Å². The lowest BCUT2D eigenvalue weighted by atomic mass is 10.1. The molecule has 2 rings (SSSR count). The molecule has 0 aliphatic heterocycles. The number of nitrogens with one attached hydrogen (secondary N) is 2. The summed E-state index contributed by atoms with van der Waals surface area (Å²) in [5.74, 6) is 0.345. The summed E-state index contributed by atoms with van der Waals surface area (Å²) in [5, 5.41) is 7.53. The predicted molar refractivity (Wildman–Crippen MR) is 91.3 cm³/mol. The summed E-state index contributed by atoms with van der Waals surface area (Å²) in [4.78, 5) is 24.6. The van der Waals surface area contributed by atoms with Crippen LogP contribution in [-0.4, -0.2) is 32.0 Å². The molecular formula is C17H20N2O3S. The van der Waals surface area contributed by atoms with Crippen LogP contribution in [0.1, 0.15) is 32.0 Å². The van der Waals surface area contributed by atoms with E-state index in [9.17, 15) is 9.59 Å². The van der Waals surface area contributed by atoms with Crippen molar-refractivity contribution in [2.45, 2.75) is 13.3 Å². The number of thiophene rings is 1. The molecule has 0 aliphatic carbocycles. The van der Waals surface area contributed by atoms with Gasteiger partial charge in [0.15, 0.2) is 0 Å². The third-order valence-corrected chi connectivity index (χ3v) is 4.20. The number of hydrogen-bond acceptors (Lipinski definition) is 4. The molecule has 0 saturated heterocycles. The maximum absolute atomic E-state index is 12.2. The van der Waals surface area contributed by atoms with Gasteiger partial charge >= 0.3 is 0 Å². The van der Waals surface area contributed by atoms with Crippen LogP contribution in [0.3, 0.4) is 0 Å². The fraction of sp³-hybridized carbons (Fsp3) is 0.294. The third kappa shape index (κ3) is 4.56. The molecule has 0 spiro atoms. The second-order valence-corrected chi connectivity index (χ2v) is 5.95. The van der Waals surface area contributed by atoms with Crippen LogP contribution in [0.25, 0.3) is 0 Å². The van der Waals surface area contributed by atoms with Crippen LogP contribution in [0.2, 0.25) is 0 Å². The van der Waals surface area contributed by atoms with Crippen LogP contribution < -0.4 is 15.4 Å². The molecule has 2 amide bonds. The van der Waals surface area contributed by atoms with Crippen molar-refractivity contribution in [3.05, 3.63) is 51.7 Å². The summed E-state index contributed by atoms with van der Waals surface area (Å²) in [6.07, 6.45) is 0.664. The summed E-state index contributed by atoms with van der Waals surface area (Å²) < 4.78 is 5.28. The van der Waals surface area contributed by atoms with E-state index >= 15 is 0 Å². The first-order valence-electron chi connectivity index (χ1n) is 7.37. The van der Waals surface area contributed by atoms with Gasteiger partial charge in [0.1, 0.15) is 5.75 Å². The van der Waals surface area contributed by atoms with Crippen LogP contribution in [0, 0.1) is 6.92 Å². The monoisotopic (exact) mass is 332 g/mol. The first-order valence-corrected chi connectivity index (χ1v) is 8.25. The van der Waals surface area contributed by atoms with E-state index < -0.39 is 0 Å². The normalized spacial score (nSPS) is 10.2. The first-order chi connectivity index (χ1) is 11.1. The van der Waals surface area contributed by atoms with Gasteiger partial charge < -0.3 is 15.4 Å². The van der Waals surface area contributed by atoms with Gasteiger partial charge in [-0.2, -0.15) is 0 Å². The summed E-state index contributed by atoms with van der Waals surface area (Å²) in [7, 11) is 1.55. The Morgan fingerprint density at radius 2 is 1.83 bits per heavy atom. The predicted octanol–water partition coefficient (Wildman–Crippen LogP) is 2.62. The van der Waals surface area contributed by atoms with Crippen molar-refractivity contribution in [3.63, 3.8) is 0 Å². The van der Waals surface area contributed by atoms with Gasteiger partial charge in [-0.15, -0.1) is 11.3 Å². The van der Waals surface area contributed by atoms with Crippen molar-refractivity contribution in [3.8, 4) is 5.75 Å². The highest BCUT2D eigenvalue weighted by Gasteiger charge is 2.13. The van der Waals surface area contributed by atoms with Crippen LogP contribution in [0.5, 0.6) is 5.75 Å². The molecule has 0 radical (unpaired) electrons. The first kappa shape index (κ1) is 17.0. The van der Waals surface area contributed by atoms with E-state index in [1.165, 1.54) is 11.3 Å². The number of ether oxygens (including phenoxy) is 1. The standard InChI is InChI=1S/C17H20N2O3S/c1-12-6-3-7-13(15(12)22-2)16(20)18-9-5-10-19-17(21)14-8-4-11-23-14/h3-4,6-8,11H,5,9-10H2,1-2H3,(H,18,20)(H,19,21). The molecule has 2 N–H and O–H groups in total. The fourth-order valence-corrected chi connectivity index (χ4v) is 2.82. The molecule has 122 valence electrons. The molecule has 6 heteroatoms. The van der Waals surface area contributed by atoms with Gasteiger partial charge in [0.05, 0.1) is 17.6 Å². The molecule has 0 atom stereocenters. The van der Waals surface area contributed by atoms with Crippen LogP contribution in [-0.2, 0) is 0 Å². The van der Waals surface area contributed by atoms with Gasteiger partial charge in [0.25, 0.3) is 11.8 Å². The van der Waals surface area contributed by atoms with Crippen molar-refractivity contribution in [2.24, 2.45) is 0 Å². The van der Waals surface area contributed by atoms with Crippen LogP contribution in [0.4, 0.5) is 0 Å². The number of rotatable bonds is 7. The quantitative estimate of drug-likeness (QED) is 0.766. The summed E-state index contributed by atoms with van der Waals surface area (Å²) in [6, 6.07) is 9.09. The van der Waals surface area contributed by atoms with Crippen LogP contribution >= 0.6 is 11.3 Å². The lowest BCUT2D eigenvalue weighted by Crippen LogP contribution is -2.29. The second-order valence-electron chi connectivity index (χ2n) is 5.00. The SMILES string of the molecule is COc1c(C)cccc1C(=O)NCCCNC(=O)c1cccs1. The largest absolute Gasteiger partial charge is 0.496 e. The number of hydrogen-bond donors (Lipinski definition) is 2. The highest BCUT2D eigenvalue weighted by atomic mass is 32.1. The number of amides is 2. The van der Waals surface area contributed by atoms with Crippen LogP contribution in [0.15, 0.2) is 35.7 Å². The summed E-state index contributed by atoms with van der Waals surface area (Å²) in [6.45, 7) is 2.90. The zero-order chi connectivity index (χ0) is 16.7. The number of carbonyl (C=O) groups is 2. The number of benzene rings is 1. The van der Waals surface area contributed by atoms with E-state index in [2.05, 4.69) is 10.6 Å². The summed E-state index contributed by atoms with van der Waals surface area (Å²) in [5.41, 5.74) is 1.44. The van der Waals surface area contributed by atoms with E-state index in [0.29, 0.717) is 35.7 Å². The second kappa shape index (κ2) is 8.33. The molecule has 0 unspecified atom stereocenters. The Labute approximate surface area is 139 Å². The molecule has 1 heterocycles. The van der Waals surface area contributed by atoms with E-state index in [1.54, 1.807) is 19.2 Å². The number of carbonyl (C=O) groups excluding carboxylic acids is 2. The minimum atomic E-state index is -0.171. The molecule has 23 heavy (non-hydrogen) atoms. The molecule has 0 saturated carbocycles. The molecule has 0 fully saturated rings. The van der Waals surface area contributed by atoms with E-state index in [0.717, 1.165) is 5.56 Å². The Morgan fingerprint density at radius 3 is 2.48 bits per heavy atom. The number of para-hydroxylation sites is 1. The Balaban J connectivity index is 1.75. The Morgan fingerprint density at radius 1 is 1.09 bits per heavy atom. The van der Waals surface area contributed by atoms with Gasteiger partial charge in [-0.25, -0.2) is 0 Å². The summed E-state index contributed by atoms with van der Waals surface area (Å²) >= 11 is 1.41. The average Bonchev–Trinajstić information content (AvgIpc) is 3.08. The maximum Gasteiger partial charge on any atom is 0.261 e. The average molecular weight is 332 g/mol. The lowest BCUT2D eigenvalue weighted by molar-refractivity contribution is 0.0950. The van der Waals surface area contributed by atoms with E-state index in [4.69, 9.17) is 4.74 Å². The van der Waals surface area contributed by atoms with Gasteiger partial charge in [-0.1, -0.05) is 18.2 Å². The molecule has 1 aromatic carbocycles. The topological polar surface area (TPSA) is 67.4 Å². The zero-order valence-corrected chi connectivity index (χ0v) is 14.0. The van der Waals surface area contributed by atoms with Gasteiger partial charge in [0.2, 0.25) is 0 Å². The van der Waals surface area contributed by atoms with Crippen molar-refractivity contribution in [2.75, 3.05) is 20.2 Å². The van der Waals surface area contributed by atoms with Gasteiger partial charge in [-0.3, -0.25) is 9.59 Å². The Kier molecular flexibility index (Phi) is 6.17. The van der Waals surface area contributed by atoms with Crippen molar-refractivity contribution >= 4 is 23.2 Å².